The number of hydrogen-bond acceptors (Lipinski definition) is 4. The van der Waals surface area contributed by atoms with E-state index in [0.717, 1.165) is 16.6 Å². The maximum atomic E-state index is 14.0. The molecule has 2 atom stereocenters. The third-order valence-corrected chi connectivity index (χ3v) is 7.42. The third-order valence-electron chi connectivity index (χ3n) is 5.59. The lowest BCUT2D eigenvalue weighted by atomic mass is 9.97. The Labute approximate surface area is 179 Å². The van der Waals surface area contributed by atoms with Crippen molar-refractivity contribution >= 4 is 39.3 Å². The predicted molar refractivity (Wildman–Crippen MR) is 109 cm³/mol. The molecule has 4 rings (SSSR count). The van der Waals surface area contributed by atoms with Gasteiger partial charge in [0.25, 0.3) is 5.91 Å². The molecule has 2 unspecified atom stereocenters. The smallest absolute Gasteiger partial charge is 0.404 e. The number of fused-ring (bicyclic) bond motifs is 2. The van der Waals surface area contributed by atoms with Gasteiger partial charge in [0, 0.05) is 23.7 Å². The van der Waals surface area contributed by atoms with E-state index in [1.807, 2.05) is 4.90 Å². The van der Waals surface area contributed by atoms with Crippen molar-refractivity contribution in [3.63, 3.8) is 0 Å². The molecule has 29 heavy (non-hydrogen) atoms. The number of carbonyl (C=O) groups excluding carboxylic acids is 1. The van der Waals surface area contributed by atoms with Gasteiger partial charge in [-0.15, -0.1) is 11.3 Å². The van der Waals surface area contributed by atoms with Gasteiger partial charge in [0.15, 0.2) is 0 Å². The molecular formula is C20H17BrFN3O3S. The summed E-state index contributed by atoms with van der Waals surface area (Å²) in [6.07, 6.45) is 1.95. The number of nitrogens with zero attached hydrogens (tertiary/aromatic N) is 2. The van der Waals surface area contributed by atoms with E-state index in [9.17, 15) is 14.0 Å². The first-order chi connectivity index (χ1) is 13.9. The average molecular weight is 478 g/mol. The Balaban J connectivity index is 1.57. The van der Waals surface area contributed by atoms with Crippen molar-refractivity contribution in [2.75, 3.05) is 0 Å². The topological polar surface area (TPSA) is 93.4 Å². The largest absolute Gasteiger partial charge is 0.465 e. The van der Waals surface area contributed by atoms with Crippen molar-refractivity contribution in [1.29, 1.82) is 5.26 Å². The molecule has 2 saturated heterocycles. The van der Waals surface area contributed by atoms with Crippen molar-refractivity contribution in [1.82, 2.24) is 10.2 Å². The van der Waals surface area contributed by atoms with Crippen LogP contribution in [0.2, 0.25) is 0 Å². The van der Waals surface area contributed by atoms with Crippen molar-refractivity contribution in [3.05, 3.63) is 44.3 Å². The van der Waals surface area contributed by atoms with Gasteiger partial charge in [-0.05, 0) is 65.4 Å². The van der Waals surface area contributed by atoms with Crippen LogP contribution in [0.1, 0.15) is 40.9 Å². The van der Waals surface area contributed by atoms with E-state index in [4.69, 9.17) is 10.4 Å². The molecule has 2 aliphatic rings. The number of carboxylic acid groups (broad SMARTS) is 1. The van der Waals surface area contributed by atoms with E-state index in [1.165, 1.54) is 23.5 Å². The molecule has 0 spiro atoms. The zero-order valence-electron chi connectivity index (χ0n) is 15.2. The maximum Gasteiger partial charge on any atom is 0.404 e. The summed E-state index contributed by atoms with van der Waals surface area (Å²) in [6, 6.07) is 7.86. The highest BCUT2D eigenvalue weighted by Crippen LogP contribution is 2.41. The zero-order valence-corrected chi connectivity index (χ0v) is 17.6. The van der Waals surface area contributed by atoms with E-state index in [2.05, 4.69) is 21.2 Å². The molecule has 9 heteroatoms. The summed E-state index contributed by atoms with van der Waals surface area (Å²) in [5, 5.41) is 20.4. The lowest BCUT2D eigenvalue weighted by molar-refractivity contribution is 0.0562. The summed E-state index contributed by atoms with van der Waals surface area (Å²) in [4.78, 5) is 26.6. The SMILES string of the molecule is N#Cc1ccc(-c2cc(C(=O)N3C4CCC3CC(NC(=O)O)C4)sc2Br)cc1F. The normalized spacial score (nSPS) is 22.9. The zero-order chi connectivity index (χ0) is 20.7. The second kappa shape index (κ2) is 7.76. The number of halogens is 2. The molecule has 1 aromatic heterocycles. The van der Waals surface area contributed by atoms with E-state index in [0.29, 0.717) is 28.8 Å². The lowest BCUT2D eigenvalue weighted by Crippen LogP contribution is -2.52. The number of amides is 2. The lowest BCUT2D eigenvalue weighted by Gasteiger charge is -2.38. The highest BCUT2D eigenvalue weighted by molar-refractivity contribution is 9.11. The number of piperidine rings is 1. The van der Waals surface area contributed by atoms with Crippen LogP contribution in [-0.4, -0.2) is 40.1 Å². The first-order valence-corrected chi connectivity index (χ1v) is 10.8. The van der Waals surface area contributed by atoms with Crippen LogP contribution in [-0.2, 0) is 0 Å². The van der Waals surface area contributed by atoms with Crippen LogP contribution in [0.25, 0.3) is 11.1 Å². The Kier molecular flexibility index (Phi) is 5.32. The van der Waals surface area contributed by atoms with E-state index in [1.54, 1.807) is 18.2 Å². The average Bonchev–Trinajstić information content (AvgIpc) is 3.18. The van der Waals surface area contributed by atoms with E-state index >= 15 is 0 Å². The molecule has 2 aliphatic heterocycles. The quantitative estimate of drug-likeness (QED) is 0.675. The predicted octanol–water partition coefficient (Wildman–Crippen LogP) is 4.59. The minimum atomic E-state index is -1.03. The number of hydrogen-bond donors (Lipinski definition) is 2. The van der Waals surface area contributed by atoms with Gasteiger partial charge in [0.05, 0.1) is 14.2 Å². The number of carbonyl (C=O) groups is 2. The second-order valence-electron chi connectivity index (χ2n) is 7.32. The van der Waals surface area contributed by atoms with Gasteiger partial charge in [-0.25, -0.2) is 9.18 Å². The molecule has 6 nitrogen and oxygen atoms in total. The summed E-state index contributed by atoms with van der Waals surface area (Å²) in [5.74, 6) is -0.667. The summed E-state index contributed by atoms with van der Waals surface area (Å²) in [6.45, 7) is 0. The summed E-state index contributed by atoms with van der Waals surface area (Å²) in [7, 11) is 0. The van der Waals surface area contributed by atoms with Gasteiger partial charge < -0.3 is 15.3 Å². The van der Waals surface area contributed by atoms with Gasteiger partial charge in [0.1, 0.15) is 11.9 Å². The van der Waals surface area contributed by atoms with Crippen molar-refractivity contribution in [2.45, 2.75) is 43.8 Å². The van der Waals surface area contributed by atoms with Crippen LogP contribution in [0.15, 0.2) is 28.1 Å². The van der Waals surface area contributed by atoms with Crippen molar-refractivity contribution in [2.24, 2.45) is 0 Å². The fraction of sp³-hybridized carbons (Fsp3) is 0.350. The highest BCUT2D eigenvalue weighted by Gasteiger charge is 2.44. The van der Waals surface area contributed by atoms with Crippen LogP contribution >= 0.6 is 27.3 Å². The van der Waals surface area contributed by atoms with Crippen molar-refractivity contribution in [3.8, 4) is 17.2 Å². The molecule has 2 fully saturated rings. The molecule has 2 aromatic rings. The molecule has 2 N–H and O–H groups in total. The van der Waals surface area contributed by atoms with Crippen LogP contribution in [0.3, 0.4) is 0 Å². The van der Waals surface area contributed by atoms with Crippen LogP contribution in [0.4, 0.5) is 9.18 Å². The van der Waals surface area contributed by atoms with Gasteiger partial charge in [-0.3, -0.25) is 4.79 Å². The minimum absolute atomic E-state index is 0.0224. The second-order valence-corrected chi connectivity index (χ2v) is 9.69. The van der Waals surface area contributed by atoms with Crippen LogP contribution < -0.4 is 5.32 Å². The number of rotatable bonds is 3. The summed E-state index contributed by atoms with van der Waals surface area (Å²) >= 11 is 4.77. The summed E-state index contributed by atoms with van der Waals surface area (Å²) in [5.41, 5.74) is 1.28. The van der Waals surface area contributed by atoms with Crippen LogP contribution in [0, 0.1) is 17.1 Å². The standard InChI is InChI=1S/C20H17BrFN3O3S/c21-18-15(10-1-2-11(9-23)16(22)5-10)8-17(29-18)19(26)25-13-3-4-14(25)7-12(6-13)24-20(27)28/h1-2,5,8,12-14,24H,3-4,6-7H2,(H,27,28). The van der Waals surface area contributed by atoms with Gasteiger partial charge in [-0.2, -0.15) is 5.26 Å². The molecule has 3 heterocycles. The Bertz CT molecular complexity index is 1020. The molecule has 0 aliphatic carbocycles. The molecule has 2 bridgehead atoms. The first-order valence-electron chi connectivity index (χ1n) is 9.19. The highest BCUT2D eigenvalue weighted by atomic mass is 79.9. The number of benzene rings is 1. The number of thiophene rings is 1. The maximum absolute atomic E-state index is 14.0. The summed E-state index contributed by atoms with van der Waals surface area (Å²) < 4.78 is 14.7. The number of nitrogens with one attached hydrogen (secondary N) is 1. The minimum Gasteiger partial charge on any atom is -0.465 e. The van der Waals surface area contributed by atoms with Crippen LogP contribution in [0.5, 0.6) is 0 Å². The van der Waals surface area contributed by atoms with Gasteiger partial charge in [0.2, 0.25) is 0 Å². The Morgan fingerprint density at radius 3 is 2.55 bits per heavy atom. The molecule has 2 amide bonds. The fourth-order valence-electron chi connectivity index (χ4n) is 4.37. The first kappa shape index (κ1) is 19.9. The van der Waals surface area contributed by atoms with E-state index < -0.39 is 11.9 Å². The van der Waals surface area contributed by atoms with Gasteiger partial charge in [-0.1, -0.05) is 6.07 Å². The number of nitriles is 1. The third kappa shape index (κ3) is 3.74. The molecule has 0 saturated carbocycles. The molecular weight excluding hydrogens is 461 g/mol. The Morgan fingerprint density at radius 2 is 1.97 bits per heavy atom. The molecule has 0 radical (unpaired) electrons. The Morgan fingerprint density at radius 1 is 1.28 bits per heavy atom. The molecule has 1 aromatic carbocycles. The van der Waals surface area contributed by atoms with E-state index in [-0.39, 0.29) is 29.6 Å². The Hall–Kier alpha value is -2.44. The fourth-order valence-corrected chi connectivity index (χ4v) is 6.09. The monoisotopic (exact) mass is 477 g/mol. The van der Waals surface area contributed by atoms with Gasteiger partial charge >= 0.3 is 6.09 Å². The molecule has 150 valence electrons. The van der Waals surface area contributed by atoms with Crippen molar-refractivity contribution < 1.29 is 19.1 Å².